The molecule has 4 nitrogen and oxygen atoms in total. The Morgan fingerprint density at radius 1 is 1.14 bits per heavy atom. The molecule has 0 saturated carbocycles. The molecule has 3 aromatic rings. The van der Waals surface area contributed by atoms with Gasteiger partial charge in [-0.2, -0.15) is 5.26 Å². The van der Waals surface area contributed by atoms with Crippen LogP contribution in [0.25, 0.3) is 22.0 Å². The molecular formula is C17H12N2O2. The van der Waals surface area contributed by atoms with Crippen molar-refractivity contribution in [2.45, 2.75) is 0 Å². The summed E-state index contributed by atoms with van der Waals surface area (Å²) in [5.74, 6) is 0.494. The molecule has 1 aromatic heterocycles. The second-order valence-electron chi connectivity index (χ2n) is 4.57. The molecule has 0 aliphatic carbocycles. The number of rotatable bonds is 2. The van der Waals surface area contributed by atoms with E-state index in [0.29, 0.717) is 16.8 Å². The molecule has 102 valence electrons. The summed E-state index contributed by atoms with van der Waals surface area (Å²) in [6, 6.07) is 16.6. The van der Waals surface area contributed by atoms with Crippen LogP contribution < -0.4 is 4.74 Å². The van der Waals surface area contributed by atoms with E-state index in [1.807, 2.05) is 30.3 Å². The molecule has 0 aliphatic rings. The van der Waals surface area contributed by atoms with Gasteiger partial charge in [0.05, 0.1) is 29.6 Å². The highest BCUT2D eigenvalue weighted by Gasteiger charge is 2.11. The van der Waals surface area contributed by atoms with Crippen molar-refractivity contribution < 1.29 is 9.84 Å². The monoisotopic (exact) mass is 276 g/mol. The fraction of sp³-hybridized carbons (Fsp3) is 0.0588. The van der Waals surface area contributed by atoms with Crippen LogP contribution in [0.1, 0.15) is 5.56 Å². The number of nitriles is 1. The lowest BCUT2D eigenvalue weighted by atomic mass is 9.99. The summed E-state index contributed by atoms with van der Waals surface area (Å²) in [5.41, 5.74) is 3.18. The molecule has 21 heavy (non-hydrogen) atoms. The molecule has 0 spiro atoms. The van der Waals surface area contributed by atoms with Gasteiger partial charge in [-0.3, -0.25) is 0 Å². The lowest BCUT2D eigenvalue weighted by Gasteiger charge is -2.11. The standard InChI is InChI=1S/C17H12N2O2/c1-21-15-9-16(20)19-14-4-2-3-13(17(14)15)12-7-5-11(10-18)6-8-12/h2-9H,1H3,(H,19,20). The molecule has 0 bridgehead atoms. The van der Waals surface area contributed by atoms with E-state index < -0.39 is 0 Å². The van der Waals surface area contributed by atoms with Gasteiger partial charge in [-0.15, -0.1) is 0 Å². The first kappa shape index (κ1) is 12.9. The third-order valence-electron chi connectivity index (χ3n) is 3.33. The smallest absolute Gasteiger partial charge is 0.215 e. The van der Waals surface area contributed by atoms with Crippen molar-refractivity contribution in [1.82, 2.24) is 4.98 Å². The van der Waals surface area contributed by atoms with Crippen molar-refractivity contribution in [2.75, 3.05) is 7.11 Å². The van der Waals surface area contributed by atoms with Gasteiger partial charge in [0.2, 0.25) is 5.88 Å². The van der Waals surface area contributed by atoms with Crippen LogP contribution in [-0.2, 0) is 0 Å². The van der Waals surface area contributed by atoms with Crippen LogP contribution in [0.2, 0.25) is 0 Å². The highest BCUT2D eigenvalue weighted by Crippen LogP contribution is 2.36. The Morgan fingerprint density at radius 2 is 1.90 bits per heavy atom. The van der Waals surface area contributed by atoms with Crippen molar-refractivity contribution in [3.8, 4) is 28.8 Å². The number of benzene rings is 2. The second-order valence-corrected chi connectivity index (χ2v) is 4.57. The molecule has 0 aliphatic heterocycles. The summed E-state index contributed by atoms with van der Waals surface area (Å²) >= 11 is 0. The maximum atomic E-state index is 9.64. The van der Waals surface area contributed by atoms with Gasteiger partial charge in [0.1, 0.15) is 5.75 Å². The van der Waals surface area contributed by atoms with Crippen molar-refractivity contribution in [2.24, 2.45) is 0 Å². The summed E-state index contributed by atoms with van der Waals surface area (Å²) in [5, 5.41) is 19.4. The highest BCUT2D eigenvalue weighted by molar-refractivity contribution is 5.99. The Kier molecular flexibility index (Phi) is 3.17. The van der Waals surface area contributed by atoms with Gasteiger partial charge >= 0.3 is 0 Å². The summed E-state index contributed by atoms with van der Waals surface area (Å²) < 4.78 is 5.36. The number of fused-ring (bicyclic) bond motifs is 1. The van der Waals surface area contributed by atoms with E-state index in [4.69, 9.17) is 10.00 Å². The van der Waals surface area contributed by atoms with Crippen LogP contribution in [0.5, 0.6) is 11.6 Å². The van der Waals surface area contributed by atoms with Gasteiger partial charge in [-0.25, -0.2) is 4.98 Å². The van der Waals surface area contributed by atoms with Crippen LogP contribution in [0.15, 0.2) is 48.5 Å². The minimum Gasteiger partial charge on any atom is -0.496 e. The van der Waals surface area contributed by atoms with Crippen LogP contribution in [-0.4, -0.2) is 17.2 Å². The highest BCUT2D eigenvalue weighted by atomic mass is 16.5. The number of pyridine rings is 1. The van der Waals surface area contributed by atoms with Crippen LogP contribution in [0, 0.1) is 11.3 Å². The lowest BCUT2D eigenvalue weighted by Crippen LogP contribution is -1.91. The third-order valence-corrected chi connectivity index (χ3v) is 3.33. The Hall–Kier alpha value is -3.06. The Labute approximate surface area is 121 Å². The lowest BCUT2D eigenvalue weighted by molar-refractivity contribution is 0.408. The van der Waals surface area contributed by atoms with Gasteiger partial charge in [0.25, 0.3) is 0 Å². The van der Waals surface area contributed by atoms with E-state index in [1.165, 1.54) is 6.07 Å². The normalized spacial score (nSPS) is 10.3. The number of hydrogen-bond acceptors (Lipinski definition) is 4. The summed E-state index contributed by atoms with van der Waals surface area (Å²) in [4.78, 5) is 4.13. The average Bonchev–Trinajstić information content (AvgIpc) is 2.53. The molecule has 0 fully saturated rings. The number of aromatic hydroxyl groups is 1. The first-order valence-corrected chi connectivity index (χ1v) is 6.40. The van der Waals surface area contributed by atoms with Crippen LogP contribution in [0.3, 0.4) is 0 Å². The predicted molar refractivity (Wildman–Crippen MR) is 80.1 cm³/mol. The van der Waals surface area contributed by atoms with Crippen molar-refractivity contribution in [3.63, 3.8) is 0 Å². The van der Waals surface area contributed by atoms with Gasteiger partial charge in [0, 0.05) is 6.07 Å². The van der Waals surface area contributed by atoms with Crippen LogP contribution >= 0.6 is 0 Å². The van der Waals surface area contributed by atoms with Gasteiger partial charge in [-0.1, -0.05) is 24.3 Å². The van der Waals surface area contributed by atoms with Crippen molar-refractivity contribution in [1.29, 1.82) is 5.26 Å². The SMILES string of the molecule is COc1cc(O)nc2cccc(-c3ccc(C#N)cc3)c12. The number of methoxy groups -OCH3 is 1. The average molecular weight is 276 g/mol. The summed E-state index contributed by atoms with van der Waals surface area (Å²) in [7, 11) is 1.56. The second kappa shape index (κ2) is 5.14. The van der Waals surface area contributed by atoms with Crippen molar-refractivity contribution in [3.05, 3.63) is 54.1 Å². The molecular weight excluding hydrogens is 264 g/mol. The number of hydrogen-bond donors (Lipinski definition) is 1. The zero-order valence-corrected chi connectivity index (χ0v) is 11.4. The maximum absolute atomic E-state index is 9.64. The summed E-state index contributed by atoms with van der Waals surface area (Å²) in [6.07, 6.45) is 0. The van der Waals surface area contributed by atoms with E-state index in [1.54, 1.807) is 19.2 Å². The van der Waals surface area contributed by atoms with Gasteiger partial charge in [0.15, 0.2) is 0 Å². The Morgan fingerprint density at radius 3 is 2.57 bits per heavy atom. The number of aromatic nitrogens is 1. The molecule has 0 atom stereocenters. The largest absolute Gasteiger partial charge is 0.496 e. The van der Waals surface area contributed by atoms with E-state index in [-0.39, 0.29) is 5.88 Å². The van der Waals surface area contributed by atoms with E-state index in [0.717, 1.165) is 16.5 Å². The van der Waals surface area contributed by atoms with Gasteiger partial charge in [-0.05, 0) is 29.3 Å². The molecule has 3 rings (SSSR count). The quantitative estimate of drug-likeness (QED) is 0.778. The molecule has 2 aromatic carbocycles. The minimum atomic E-state index is -0.0728. The first-order valence-electron chi connectivity index (χ1n) is 6.40. The Bertz CT molecular complexity index is 849. The summed E-state index contributed by atoms with van der Waals surface area (Å²) in [6.45, 7) is 0. The predicted octanol–water partition coefficient (Wildman–Crippen LogP) is 3.49. The topological polar surface area (TPSA) is 66.1 Å². The molecule has 0 radical (unpaired) electrons. The molecule has 4 heteroatoms. The zero-order valence-electron chi connectivity index (χ0n) is 11.4. The minimum absolute atomic E-state index is 0.0728. The fourth-order valence-electron chi connectivity index (χ4n) is 2.36. The maximum Gasteiger partial charge on any atom is 0.215 e. The third kappa shape index (κ3) is 2.26. The zero-order chi connectivity index (χ0) is 14.8. The van der Waals surface area contributed by atoms with E-state index in [2.05, 4.69) is 11.1 Å². The molecule has 0 amide bonds. The fourth-order valence-corrected chi connectivity index (χ4v) is 2.36. The number of nitrogens with zero attached hydrogens (tertiary/aromatic N) is 2. The molecule has 0 saturated heterocycles. The molecule has 0 unspecified atom stereocenters. The first-order chi connectivity index (χ1) is 10.2. The Balaban J connectivity index is 2.29. The number of ether oxygens (including phenoxy) is 1. The van der Waals surface area contributed by atoms with E-state index >= 15 is 0 Å². The van der Waals surface area contributed by atoms with Crippen LogP contribution in [0.4, 0.5) is 0 Å². The molecule has 1 heterocycles. The van der Waals surface area contributed by atoms with Gasteiger partial charge < -0.3 is 9.84 Å². The molecule has 1 N–H and O–H groups in total. The van der Waals surface area contributed by atoms with Crippen molar-refractivity contribution >= 4 is 10.9 Å². The van der Waals surface area contributed by atoms with E-state index in [9.17, 15) is 5.11 Å².